The molecule has 1 atom stereocenters. The van der Waals surface area contributed by atoms with Crippen LogP contribution in [0.4, 0.5) is 0 Å². The van der Waals surface area contributed by atoms with Crippen LogP contribution in [0, 0.1) is 0 Å². The molecular weight excluding hydrogens is 306 g/mol. The van der Waals surface area contributed by atoms with E-state index in [0.717, 1.165) is 19.6 Å². The molecule has 4 rings (SSSR count). The molecule has 2 nitrogen and oxygen atoms in total. The molecular formula is C23H23NO. The van der Waals surface area contributed by atoms with E-state index in [1.54, 1.807) is 0 Å². The molecule has 1 heterocycles. The number of nitrogens with one attached hydrogen (secondary N) is 1. The van der Waals surface area contributed by atoms with Crippen molar-refractivity contribution in [2.75, 3.05) is 13.2 Å². The van der Waals surface area contributed by atoms with Crippen LogP contribution in [0.15, 0.2) is 91.0 Å². The van der Waals surface area contributed by atoms with Gasteiger partial charge in [-0.25, -0.2) is 0 Å². The van der Waals surface area contributed by atoms with Gasteiger partial charge in [0.25, 0.3) is 0 Å². The lowest BCUT2D eigenvalue weighted by Gasteiger charge is -2.39. The van der Waals surface area contributed by atoms with Gasteiger partial charge in [-0.15, -0.1) is 0 Å². The van der Waals surface area contributed by atoms with Crippen LogP contribution in [0.5, 0.6) is 0 Å². The lowest BCUT2D eigenvalue weighted by molar-refractivity contribution is 0.186. The van der Waals surface area contributed by atoms with E-state index < -0.39 is 0 Å². The molecule has 0 spiro atoms. The van der Waals surface area contributed by atoms with Crippen molar-refractivity contribution >= 4 is 0 Å². The van der Waals surface area contributed by atoms with Gasteiger partial charge < -0.3 is 4.74 Å². The second kappa shape index (κ2) is 7.22. The third-order valence-corrected chi connectivity index (χ3v) is 4.97. The average Bonchev–Trinajstić information content (AvgIpc) is 3.21. The maximum Gasteiger partial charge on any atom is 0.0950 e. The van der Waals surface area contributed by atoms with Crippen LogP contribution in [0.2, 0.25) is 0 Å². The second-order valence-corrected chi connectivity index (χ2v) is 6.55. The van der Waals surface area contributed by atoms with Gasteiger partial charge >= 0.3 is 0 Å². The van der Waals surface area contributed by atoms with E-state index in [1.807, 2.05) is 0 Å². The predicted octanol–water partition coefficient (Wildman–Crippen LogP) is 4.36. The van der Waals surface area contributed by atoms with Crippen molar-refractivity contribution < 1.29 is 4.74 Å². The quantitative estimate of drug-likeness (QED) is 0.702. The van der Waals surface area contributed by atoms with Crippen LogP contribution in [0.3, 0.4) is 0 Å². The van der Waals surface area contributed by atoms with Crippen LogP contribution in [0.25, 0.3) is 0 Å². The van der Waals surface area contributed by atoms with Crippen molar-refractivity contribution in [3.05, 3.63) is 108 Å². The van der Waals surface area contributed by atoms with E-state index in [-0.39, 0.29) is 5.54 Å². The van der Waals surface area contributed by atoms with Gasteiger partial charge in [-0.2, -0.15) is 0 Å². The summed E-state index contributed by atoms with van der Waals surface area (Å²) in [6.07, 6.45) is 1.04. The Kier molecular flexibility index (Phi) is 4.64. The summed E-state index contributed by atoms with van der Waals surface area (Å²) in [6.45, 7) is 1.58. The van der Waals surface area contributed by atoms with Crippen LogP contribution in [-0.4, -0.2) is 19.3 Å². The molecule has 0 amide bonds. The Labute approximate surface area is 149 Å². The van der Waals surface area contributed by atoms with Gasteiger partial charge in [0.15, 0.2) is 0 Å². The predicted molar refractivity (Wildman–Crippen MR) is 102 cm³/mol. The summed E-state index contributed by atoms with van der Waals surface area (Å²) < 4.78 is 5.65. The van der Waals surface area contributed by atoms with E-state index in [4.69, 9.17) is 4.74 Å². The smallest absolute Gasteiger partial charge is 0.0950 e. The summed E-state index contributed by atoms with van der Waals surface area (Å²) in [7, 11) is 0. The standard InChI is InChI=1S/C23H23NO/c1-4-10-19(11-5-1)23(20-12-6-2-7-13-20,21-14-8-3-9-15-21)24-22-16-17-25-18-22/h1-15,22,24H,16-18H2/t22-/m1/s1. The molecule has 1 N–H and O–H groups in total. The second-order valence-electron chi connectivity index (χ2n) is 6.55. The average molecular weight is 329 g/mol. The Hall–Kier alpha value is -2.42. The van der Waals surface area contributed by atoms with Crippen LogP contribution in [0.1, 0.15) is 23.1 Å². The van der Waals surface area contributed by atoms with Crippen molar-refractivity contribution in [1.82, 2.24) is 5.32 Å². The van der Waals surface area contributed by atoms with Crippen LogP contribution in [-0.2, 0) is 10.3 Å². The Morgan fingerprint density at radius 3 is 1.48 bits per heavy atom. The first-order valence-corrected chi connectivity index (χ1v) is 8.91. The number of rotatable bonds is 5. The fraction of sp³-hybridized carbons (Fsp3) is 0.217. The monoisotopic (exact) mass is 329 g/mol. The third-order valence-electron chi connectivity index (χ3n) is 4.97. The fourth-order valence-electron chi connectivity index (χ4n) is 3.77. The Balaban J connectivity index is 1.93. The summed E-state index contributed by atoms with van der Waals surface area (Å²) in [5.41, 5.74) is 3.36. The molecule has 0 radical (unpaired) electrons. The normalized spacial score (nSPS) is 17.5. The Morgan fingerprint density at radius 1 is 0.680 bits per heavy atom. The molecule has 3 aromatic rings. The van der Waals surface area contributed by atoms with E-state index >= 15 is 0 Å². The minimum Gasteiger partial charge on any atom is -0.380 e. The van der Waals surface area contributed by atoms with E-state index in [9.17, 15) is 0 Å². The summed E-state index contributed by atoms with van der Waals surface area (Å²) in [5.74, 6) is 0. The van der Waals surface area contributed by atoms with E-state index in [2.05, 4.69) is 96.3 Å². The molecule has 1 aliphatic heterocycles. The highest BCUT2D eigenvalue weighted by Gasteiger charge is 2.38. The molecule has 126 valence electrons. The van der Waals surface area contributed by atoms with Crippen molar-refractivity contribution in [2.24, 2.45) is 0 Å². The molecule has 0 saturated carbocycles. The molecule has 3 aromatic carbocycles. The van der Waals surface area contributed by atoms with Crippen molar-refractivity contribution in [1.29, 1.82) is 0 Å². The summed E-state index contributed by atoms with van der Waals surface area (Å²) in [6, 6.07) is 32.5. The summed E-state index contributed by atoms with van der Waals surface area (Å²) in [5, 5.41) is 3.95. The highest BCUT2D eigenvalue weighted by Crippen LogP contribution is 2.37. The SMILES string of the molecule is c1ccc(C(N[C@@H]2CCOC2)(c2ccccc2)c2ccccc2)cc1. The number of hydrogen-bond acceptors (Lipinski definition) is 2. The maximum atomic E-state index is 5.65. The highest BCUT2D eigenvalue weighted by atomic mass is 16.5. The minimum absolute atomic E-state index is 0.334. The first kappa shape index (κ1) is 16.1. The van der Waals surface area contributed by atoms with Crippen molar-refractivity contribution in [3.8, 4) is 0 Å². The fourth-order valence-corrected chi connectivity index (χ4v) is 3.77. The zero-order valence-corrected chi connectivity index (χ0v) is 14.3. The number of hydrogen-bond donors (Lipinski definition) is 1. The molecule has 1 aliphatic rings. The Morgan fingerprint density at radius 2 is 1.12 bits per heavy atom. The molecule has 0 aromatic heterocycles. The van der Waals surface area contributed by atoms with Crippen molar-refractivity contribution in [3.63, 3.8) is 0 Å². The molecule has 25 heavy (non-hydrogen) atoms. The maximum absolute atomic E-state index is 5.65. The van der Waals surface area contributed by atoms with E-state index in [0.29, 0.717) is 6.04 Å². The first-order chi connectivity index (χ1) is 12.4. The van der Waals surface area contributed by atoms with Gasteiger partial charge in [0.05, 0.1) is 12.1 Å². The highest BCUT2D eigenvalue weighted by molar-refractivity contribution is 5.49. The molecule has 1 saturated heterocycles. The molecule has 0 bridgehead atoms. The van der Waals surface area contributed by atoms with Gasteiger partial charge in [0.2, 0.25) is 0 Å². The van der Waals surface area contributed by atoms with Crippen LogP contribution >= 0.6 is 0 Å². The lowest BCUT2D eigenvalue weighted by atomic mass is 9.76. The van der Waals surface area contributed by atoms with Gasteiger partial charge in [0.1, 0.15) is 0 Å². The zero-order valence-electron chi connectivity index (χ0n) is 14.3. The number of ether oxygens (including phenoxy) is 1. The van der Waals surface area contributed by atoms with E-state index in [1.165, 1.54) is 16.7 Å². The molecule has 0 aliphatic carbocycles. The van der Waals surface area contributed by atoms with Crippen LogP contribution < -0.4 is 5.32 Å². The van der Waals surface area contributed by atoms with Gasteiger partial charge in [0, 0.05) is 12.6 Å². The Bertz CT molecular complexity index is 683. The molecule has 2 heteroatoms. The first-order valence-electron chi connectivity index (χ1n) is 8.91. The molecule has 0 unspecified atom stereocenters. The van der Waals surface area contributed by atoms with Gasteiger partial charge in [-0.1, -0.05) is 91.0 Å². The van der Waals surface area contributed by atoms with Crippen molar-refractivity contribution in [2.45, 2.75) is 18.0 Å². The number of benzene rings is 3. The minimum atomic E-state index is -0.387. The largest absolute Gasteiger partial charge is 0.380 e. The van der Waals surface area contributed by atoms with Gasteiger partial charge in [-0.3, -0.25) is 5.32 Å². The summed E-state index contributed by atoms with van der Waals surface area (Å²) >= 11 is 0. The third kappa shape index (κ3) is 3.11. The molecule has 1 fully saturated rings. The lowest BCUT2D eigenvalue weighted by Crippen LogP contribution is -2.50. The summed E-state index contributed by atoms with van der Waals surface area (Å²) in [4.78, 5) is 0. The zero-order chi connectivity index (χ0) is 17.0. The topological polar surface area (TPSA) is 21.3 Å². The van der Waals surface area contributed by atoms with Gasteiger partial charge in [-0.05, 0) is 23.1 Å².